The number of likely N-dealkylation sites (tertiary alicyclic amines) is 1. The van der Waals surface area contributed by atoms with E-state index < -0.39 is 11.9 Å². The fourth-order valence-electron chi connectivity index (χ4n) is 4.05. The van der Waals surface area contributed by atoms with Gasteiger partial charge in [0.2, 0.25) is 0 Å². The van der Waals surface area contributed by atoms with Crippen molar-refractivity contribution < 1.29 is 22.7 Å². The molecule has 3 heterocycles. The molecule has 1 atom stereocenters. The topological polar surface area (TPSA) is 59.7 Å². The van der Waals surface area contributed by atoms with Gasteiger partial charge < -0.3 is 4.74 Å². The molecular weight excluding hydrogens is 409 g/mol. The molecule has 0 radical (unpaired) electrons. The van der Waals surface area contributed by atoms with Crippen molar-refractivity contribution in [3.05, 3.63) is 59.0 Å². The summed E-state index contributed by atoms with van der Waals surface area (Å²) < 4.78 is 46.8. The van der Waals surface area contributed by atoms with E-state index in [2.05, 4.69) is 15.0 Å². The summed E-state index contributed by atoms with van der Waals surface area (Å²) >= 11 is 0. The van der Waals surface area contributed by atoms with Gasteiger partial charge in [0.1, 0.15) is 11.4 Å². The van der Waals surface area contributed by atoms with Crippen LogP contribution in [0.25, 0.3) is 5.65 Å². The Hall–Kier alpha value is -2.94. The first kappa shape index (κ1) is 21.3. The number of hydrogen-bond acceptors (Lipinski definition) is 5. The number of hydrogen-bond donors (Lipinski definition) is 0. The number of fused-ring (bicyclic) bond motifs is 1. The van der Waals surface area contributed by atoms with Crippen LogP contribution >= 0.6 is 0 Å². The number of benzene rings is 1. The van der Waals surface area contributed by atoms with Gasteiger partial charge in [-0.1, -0.05) is 12.1 Å². The van der Waals surface area contributed by atoms with Gasteiger partial charge in [0, 0.05) is 37.7 Å². The number of esters is 1. The van der Waals surface area contributed by atoms with E-state index in [0.29, 0.717) is 30.2 Å². The lowest BCUT2D eigenvalue weighted by atomic mass is 9.93. The zero-order valence-corrected chi connectivity index (χ0v) is 17.3. The SMILES string of the molecule is CC(=O)Oc1ccc(CN2CCC[C@@H](c3cc(C(F)(F)F)n4nc(C)cc4n3)C2)cc1. The van der Waals surface area contributed by atoms with Crippen LogP contribution < -0.4 is 4.74 Å². The normalized spacial score (nSPS) is 17.8. The maximum atomic E-state index is 13.6. The summed E-state index contributed by atoms with van der Waals surface area (Å²) in [6.07, 6.45) is -2.84. The number of piperidine rings is 1. The van der Waals surface area contributed by atoms with Gasteiger partial charge >= 0.3 is 12.1 Å². The molecule has 1 aliphatic rings. The molecule has 0 saturated carbocycles. The van der Waals surface area contributed by atoms with Crippen molar-refractivity contribution in [1.82, 2.24) is 19.5 Å². The van der Waals surface area contributed by atoms with Crippen molar-refractivity contribution >= 4 is 11.6 Å². The molecule has 1 fully saturated rings. The number of ether oxygens (including phenoxy) is 1. The van der Waals surface area contributed by atoms with Gasteiger partial charge in [0.25, 0.3) is 0 Å². The summed E-state index contributed by atoms with van der Waals surface area (Å²) in [6.45, 7) is 5.16. The summed E-state index contributed by atoms with van der Waals surface area (Å²) in [5.41, 5.74) is 1.42. The monoisotopic (exact) mass is 432 g/mol. The zero-order chi connectivity index (χ0) is 22.2. The highest BCUT2D eigenvalue weighted by molar-refractivity contribution is 5.69. The third kappa shape index (κ3) is 4.87. The lowest BCUT2D eigenvalue weighted by molar-refractivity contribution is -0.142. The van der Waals surface area contributed by atoms with Crippen LogP contribution in [0.1, 0.15) is 48.3 Å². The van der Waals surface area contributed by atoms with Crippen LogP contribution in [0.4, 0.5) is 13.2 Å². The number of alkyl halides is 3. The molecule has 0 bridgehead atoms. The van der Waals surface area contributed by atoms with Gasteiger partial charge in [-0.15, -0.1) is 0 Å². The Morgan fingerprint density at radius 1 is 1.23 bits per heavy atom. The van der Waals surface area contributed by atoms with Crippen LogP contribution in [-0.2, 0) is 17.5 Å². The molecule has 1 saturated heterocycles. The van der Waals surface area contributed by atoms with E-state index in [9.17, 15) is 18.0 Å². The Morgan fingerprint density at radius 3 is 2.65 bits per heavy atom. The second kappa shape index (κ2) is 8.30. The minimum absolute atomic E-state index is 0.0876. The fraction of sp³-hybridized carbons (Fsp3) is 0.409. The van der Waals surface area contributed by atoms with Crippen LogP contribution in [0, 0.1) is 6.92 Å². The summed E-state index contributed by atoms with van der Waals surface area (Å²) in [6, 6.07) is 9.98. The van der Waals surface area contributed by atoms with Crippen LogP contribution in [0.3, 0.4) is 0 Å². The van der Waals surface area contributed by atoms with E-state index in [4.69, 9.17) is 4.74 Å². The van der Waals surface area contributed by atoms with Crippen molar-refractivity contribution in [3.63, 3.8) is 0 Å². The number of carbonyl (C=O) groups is 1. The van der Waals surface area contributed by atoms with Crippen LogP contribution in [0.5, 0.6) is 5.75 Å². The summed E-state index contributed by atoms with van der Waals surface area (Å²) in [5.74, 6) is 0.0270. The molecular formula is C22H23F3N4O2. The van der Waals surface area contributed by atoms with Crippen LogP contribution in [0.2, 0.25) is 0 Å². The second-order valence-corrected chi connectivity index (χ2v) is 7.93. The lowest BCUT2D eigenvalue weighted by Crippen LogP contribution is -2.34. The first-order chi connectivity index (χ1) is 14.7. The first-order valence-electron chi connectivity index (χ1n) is 10.1. The van der Waals surface area contributed by atoms with Gasteiger partial charge in [-0.25, -0.2) is 9.50 Å². The molecule has 0 unspecified atom stereocenters. The van der Waals surface area contributed by atoms with E-state index in [1.54, 1.807) is 25.1 Å². The highest BCUT2D eigenvalue weighted by Crippen LogP contribution is 2.34. The maximum Gasteiger partial charge on any atom is 0.433 e. The Morgan fingerprint density at radius 2 is 1.97 bits per heavy atom. The maximum absolute atomic E-state index is 13.6. The number of aryl methyl sites for hydroxylation is 1. The highest BCUT2D eigenvalue weighted by Gasteiger charge is 2.36. The smallest absolute Gasteiger partial charge is 0.427 e. The molecule has 164 valence electrons. The molecule has 1 aliphatic heterocycles. The molecule has 31 heavy (non-hydrogen) atoms. The van der Waals surface area contributed by atoms with E-state index in [-0.39, 0.29) is 17.5 Å². The molecule has 6 nitrogen and oxygen atoms in total. The quantitative estimate of drug-likeness (QED) is 0.453. The second-order valence-electron chi connectivity index (χ2n) is 7.93. The van der Waals surface area contributed by atoms with Crippen LogP contribution in [-0.4, -0.2) is 38.6 Å². The average Bonchev–Trinajstić information content (AvgIpc) is 3.07. The predicted molar refractivity (Wildman–Crippen MR) is 108 cm³/mol. The Kier molecular flexibility index (Phi) is 5.70. The Labute approximate surface area is 177 Å². The number of aromatic nitrogens is 3. The van der Waals surface area contributed by atoms with Crippen molar-refractivity contribution in [2.75, 3.05) is 13.1 Å². The zero-order valence-electron chi connectivity index (χ0n) is 17.3. The number of carbonyl (C=O) groups excluding carboxylic acids is 1. The molecule has 1 aromatic carbocycles. The van der Waals surface area contributed by atoms with E-state index in [1.165, 1.54) is 6.92 Å². The Bertz CT molecular complexity index is 1090. The molecule has 0 N–H and O–H groups in total. The molecule has 2 aromatic heterocycles. The summed E-state index contributed by atoms with van der Waals surface area (Å²) in [7, 11) is 0. The van der Waals surface area contributed by atoms with Crippen molar-refractivity contribution in [1.29, 1.82) is 0 Å². The molecule has 0 aliphatic carbocycles. The minimum Gasteiger partial charge on any atom is -0.427 e. The molecule has 0 spiro atoms. The number of rotatable bonds is 4. The summed E-state index contributed by atoms with van der Waals surface area (Å²) in [4.78, 5) is 17.8. The van der Waals surface area contributed by atoms with Crippen molar-refractivity contribution in [2.24, 2.45) is 0 Å². The molecule has 4 rings (SSSR count). The van der Waals surface area contributed by atoms with Gasteiger partial charge in [-0.05, 0) is 50.1 Å². The number of nitrogens with zero attached hydrogens (tertiary/aromatic N) is 4. The first-order valence-corrected chi connectivity index (χ1v) is 10.1. The van der Waals surface area contributed by atoms with E-state index >= 15 is 0 Å². The molecule has 3 aromatic rings. The standard InChI is InChI=1S/C22H23F3N4O2/c1-14-10-21-26-19(11-20(22(23,24)25)29(21)27-14)17-4-3-9-28(13-17)12-16-5-7-18(8-6-16)31-15(2)30/h5-8,10-11,17H,3-4,9,12-13H2,1-2H3/t17-/m1/s1. The number of halogens is 3. The van der Waals surface area contributed by atoms with Gasteiger partial charge in [0.05, 0.1) is 5.69 Å². The third-order valence-electron chi connectivity index (χ3n) is 5.37. The summed E-state index contributed by atoms with van der Waals surface area (Å²) in [5, 5.41) is 3.95. The van der Waals surface area contributed by atoms with E-state index in [0.717, 1.165) is 35.5 Å². The fourth-order valence-corrected chi connectivity index (χ4v) is 4.05. The van der Waals surface area contributed by atoms with Gasteiger partial charge in [-0.3, -0.25) is 9.69 Å². The van der Waals surface area contributed by atoms with Crippen LogP contribution in [0.15, 0.2) is 36.4 Å². The largest absolute Gasteiger partial charge is 0.433 e. The Balaban J connectivity index is 1.53. The molecule has 0 amide bonds. The molecule has 9 heteroatoms. The van der Waals surface area contributed by atoms with Gasteiger partial charge in [-0.2, -0.15) is 18.3 Å². The highest BCUT2D eigenvalue weighted by atomic mass is 19.4. The van der Waals surface area contributed by atoms with Crippen molar-refractivity contribution in [2.45, 2.75) is 45.3 Å². The lowest BCUT2D eigenvalue weighted by Gasteiger charge is -2.32. The average molecular weight is 432 g/mol. The minimum atomic E-state index is -4.51. The van der Waals surface area contributed by atoms with Gasteiger partial charge in [0.15, 0.2) is 5.65 Å². The van der Waals surface area contributed by atoms with Crippen molar-refractivity contribution in [3.8, 4) is 5.75 Å². The van der Waals surface area contributed by atoms with E-state index in [1.807, 2.05) is 12.1 Å². The third-order valence-corrected chi connectivity index (χ3v) is 5.37. The predicted octanol–water partition coefficient (Wildman–Crippen LogP) is 4.36.